The monoisotopic (exact) mass is 411 g/mol. The molecule has 2 N–H and O–H groups in total. The lowest BCUT2D eigenvalue weighted by Crippen LogP contribution is -1.98. The minimum atomic E-state index is 0.140. The topological polar surface area (TPSA) is 144 Å². The van der Waals surface area contributed by atoms with E-state index in [1.165, 1.54) is 26.6 Å². The van der Waals surface area contributed by atoms with Gasteiger partial charge in [-0.05, 0) is 22.6 Å². The number of methoxy groups -OCH3 is 2. The first-order valence-electron chi connectivity index (χ1n) is 5.59. The Balaban J connectivity index is 0.000000220. The van der Waals surface area contributed by atoms with Crippen molar-refractivity contribution in [3.8, 4) is 23.9 Å². The second-order valence-corrected chi connectivity index (χ2v) is 4.53. The van der Waals surface area contributed by atoms with Crippen LogP contribution in [0.15, 0.2) is 12.4 Å². The number of anilines is 1. The molecule has 0 aliphatic rings. The average molecular weight is 411 g/mol. The molecule has 2 rings (SSSR count). The van der Waals surface area contributed by atoms with E-state index in [2.05, 4.69) is 19.9 Å². The number of nitriles is 2. The maximum Gasteiger partial charge on any atom is 0.252 e. The largest absolute Gasteiger partial charge is 0.479 e. The Bertz CT molecular complexity index is 676. The summed E-state index contributed by atoms with van der Waals surface area (Å²) in [7, 11) is 2.87. The van der Waals surface area contributed by atoms with E-state index in [9.17, 15) is 0 Å². The second-order valence-electron chi connectivity index (χ2n) is 3.43. The smallest absolute Gasteiger partial charge is 0.252 e. The highest BCUT2D eigenvalue weighted by Crippen LogP contribution is 2.12. The fourth-order valence-electron chi connectivity index (χ4n) is 1.17. The quantitative estimate of drug-likeness (QED) is 0.713. The standard InChI is InChI=1S/C6H4IN3O.C6H6N4O/c1-11-6-4(2-8)9-3-5(7)10-6;1-11-6-4(2-7)9-3-5(8)10-6/h3H,1H3;3H,1H3,(H2,8,10). The molecule has 0 aliphatic heterocycles. The number of halogens is 1. The Kier molecular flexibility index (Phi) is 6.72. The molecule has 0 fully saturated rings. The molecular formula is C12H10IN7O2. The van der Waals surface area contributed by atoms with E-state index < -0.39 is 0 Å². The van der Waals surface area contributed by atoms with Crippen molar-refractivity contribution in [3.05, 3.63) is 27.5 Å². The summed E-state index contributed by atoms with van der Waals surface area (Å²) in [4.78, 5) is 15.2. The van der Waals surface area contributed by atoms with E-state index in [0.29, 0.717) is 3.70 Å². The van der Waals surface area contributed by atoms with Gasteiger partial charge >= 0.3 is 0 Å². The first-order chi connectivity index (χ1) is 10.5. The van der Waals surface area contributed by atoms with Crippen molar-refractivity contribution in [3.63, 3.8) is 0 Å². The Labute approximate surface area is 139 Å². The summed E-state index contributed by atoms with van der Waals surface area (Å²) >= 11 is 2.00. The zero-order valence-electron chi connectivity index (χ0n) is 11.6. The minimum absolute atomic E-state index is 0.140. The van der Waals surface area contributed by atoms with Crippen LogP contribution >= 0.6 is 22.6 Å². The fourth-order valence-corrected chi connectivity index (χ4v) is 1.53. The molecule has 2 aromatic rings. The number of nitrogen functional groups attached to an aromatic ring is 1. The van der Waals surface area contributed by atoms with E-state index in [1.807, 2.05) is 34.7 Å². The molecule has 0 aliphatic carbocycles. The number of nitrogens with zero attached hydrogens (tertiary/aromatic N) is 6. The lowest BCUT2D eigenvalue weighted by atomic mass is 10.4. The number of nitrogens with two attached hydrogens (primary N) is 1. The zero-order chi connectivity index (χ0) is 16.5. The van der Waals surface area contributed by atoms with Gasteiger partial charge in [-0.15, -0.1) is 0 Å². The van der Waals surface area contributed by atoms with Gasteiger partial charge in [-0.25, -0.2) is 15.0 Å². The van der Waals surface area contributed by atoms with Crippen molar-refractivity contribution in [2.24, 2.45) is 0 Å². The van der Waals surface area contributed by atoms with Crippen LogP contribution in [0.2, 0.25) is 0 Å². The predicted molar refractivity (Wildman–Crippen MR) is 83.7 cm³/mol. The first kappa shape index (κ1) is 17.3. The molecule has 0 amide bonds. The van der Waals surface area contributed by atoms with Gasteiger partial charge in [0.1, 0.15) is 21.7 Å². The SMILES string of the molecule is COc1nc(I)cnc1C#N.COc1nc(N)cnc1C#N. The number of aromatic nitrogens is 4. The van der Waals surface area contributed by atoms with Crippen molar-refractivity contribution in [1.29, 1.82) is 10.5 Å². The van der Waals surface area contributed by atoms with E-state index in [1.54, 1.807) is 0 Å². The Morgan fingerprint density at radius 1 is 1.00 bits per heavy atom. The van der Waals surface area contributed by atoms with Gasteiger partial charge in [0.2, 0.25) is 11.4 Å². The summed E-state index contributed by atoms with van der Waals surface area (Å²) < 4.78 is 10.3. The Hall–Kier alpha value is -2.73. The first-order valence-corrected chi connectivity index (χ1v) is 6.66. The highest BCUT2D eigenvalue weighted by atomic mass is 127. The lowest BCUT2D eigenvalue weighted by molar-refractivity contribution is 0.393. The van der Waals surface area contributed by atoms with Crippen LogP contribution in [0.3, 0.4) is 0 Å². The summed E-state index contributed by atoms with van der Waals surface area (Å²) in [6, 6.07) is 3.69. The van der Waals surface area contributed by atoms with Crippen LogP contribution in [0.25, 0.3) is 0 Å². The third kappa shape index (κ3) is 4.68. The van der Waals surface area contributed by atoms with Crippen LogP contribution < -0.4 is 15.2 Å². The third-order valence-corrected chi connectivity index (χ3v) is 2.59. The van der Waals surface area contributed by atoms with Gasteiger partial charge in [-0.3, -0.25) is 0 Å². The normalized spacial score (nSPS) is 8.77. The third-order valence-electron chi connectivity index (χ3n) is 2.07. The molecule has 0 radical (unpaired) electrons. The molecule has 112 valence electrons. The fraction of sp³-hybridized carbons (Fsp3) is 0.167. The summed E-state index contributed by atoms with van der Waals surface area (Å²) in [5, 5.41) is 17.0. The van der Waals surface area contributed by atoms with Gasteiger partial charge in [-0.1, -0.05) is 0 Å². The van der Waals surface area contributed by atoms with Gasteiger partial charge in [0.25, 0.3) is 11.8 Å². The number of hydrogen-bond acceptors (Lipinski definition) is 9. The molecule has 0 bridgehead atoms. The van der Waals surface area contributed by atoms with Crippen molar-refractivity contribution in [1.82, 2.24) is 19.9 Å². The van der Waals surface area contributed by atoms with Crippen LogP contribution in [0.5, 0.6) is 11.8 Å². The van der Waals surface area contributed by atoms with Crippen LogP contribution in [0, 0.1) is 26.4 Å². The molecule has 2 heterocycles. The Morgan fingerprint density at radius 2 is 1.50 bits per heavy atom. The minimum Gasteiger partial charge on any atom is -0.479 e. The molecule has 0 atom stereocenters. The molecule has 0 aromatic carbocycles. The van der Waals surface area contributed by atoms with E-state index >= 15 is 0 Å². The van der Waals surface area contributed by atoms with Crippen LogP contribution in [-0.4, -0.2) is 34.2 Å². The molecule has 0 saturated heterocycles. The van der Waals surface area contributed by atoms with Crippen molar-refractivity contribution in [2.45, 2.75) is 0 Å². The Morgan fingerprint density at radius 3 is 2.00 bits per heavy atom. The molecule has 2 aromatic heterocycles. The van der Waals surface area contributed by atoms with Gasteiger partial charge in [0.15, 0.2) is 0 Å². The molecule has 0 saturated carbocycles. The maximum atomic E-state index is 8.51. The maximum absolute atomic E-state index is 8.51. The van der Waals surface area contributed by atoms with Crippen molar-refractivity contribution in [2.75, 3.05) is 20.0 Å². The highest BCUT2D eigenvalue weighted by molar-refractivity contribution is 14.1. The van der Waals surface area contributed by atoms with E-state index in [4.69, 9.17) is 25.7 Å². The van der Waals surface area contributed by atoms with Crippen molar-refractivity contribution >= 4 is 28.4 Å². The zero-order valence-corrected chi connectivity index (χ0v) is 13.8. The summed E-state index contributed by atoms with van der Waals surface area (Å²) in [6.07, 6.45) is 2.82. The van der Waals surface area contributed by atoms with Crippen molar-refractivity contribution < 1.29 is 9.47 Å². The number of ether oxygens (including phenoxy) is 2. The molecule has 10 heteroatoms. The van der Waals surface area contributed by atoms with Crippen LogP contribution in [0.4, 0.5) is 5.82 Å². The van der Waals surface area contributed by atoms with E-state index in [0.717, 1.165) is 0 Å². The van der Waals surface area contributed by atoms with Crippen LogP contribution in [-0.2, 0) is 0 Å². The molecular weight excluding hydrogens is 401 g/mol. The number of rotatable bonds is 2. The average Bonchev–Trinajstić information content (AvgIpc) is 2.55. The molecule has 22 heavy (non-hydrogen) atoms. The predicted octanol–water partition coefficient (Wildman–Crippen LogP) is 0.901. The van der Waals surface area contributed by atoms with E-state index in [-0.39, 0.29) is 29.0 Å². The molecule has 0 unspecified atom stereocenters. The summed E-state index contributed by atoms with van der Waals surface area (Å²) in [6.45, 7) is 0. The van der Waals surface area contributed by atoms with Gasteiger partial charge < -0.3 is 15.2 Å². The van der Waals surface area contributed by atoms with Crippen LogP contribution in [0.1, 0.15) is 11.4 Å². The molecule has 9 nitrogen and oxygen atoms in total. The number of hydrogen-bond donors (Lipinski definition) is 1. The van der Waals surface area contributed by atoms with Gasteiger partial charge in [-0.2, -0.15) is 15.5 Å². The lowest BCUT2D eigenvalue weighted by Gasteiger charge is -1.99. The molecule has 0 spiro atoms. The highest BCUT2D eigenvalue weighted by Gasteiger charge is 2.05. The van der Waals surface area contributed by atoms with Gasteiger partial charge in [0, 0.05) is 0 Å². The second kappa shape index (κ2) is 8.53. The van der Waals surface area contributed by atoms with Gasteiger partial charge in [0.05, 0.1) is 26.6 Å². The summed E-state index contributed by atoms with van der Waals surface area (Å²) in [5.74, 6) is 0.674. The summed E-state index contributed by atoms with van der Waals surface area (Å²) in [5.41, 5.74) is 5.65.